The van der Waals surface area contributed by atoms with Gasteiger partial charge in [-0.2, -0.15) is 21.5 Å². The zero-order valence-corrected chi connectivity index (χ0v) is 16.2. The highest BCUT2D eigenvalue weighted by molar-refractivity contribution is 8.00. The van der Waals surface area contributed by atoms with Gasteiger partial charge in [0.1, 0.15) is 5.02 Å². The quantitative estimate of drug-likeness (QED) is 0.533. The summed E-state index contributed by atoms with van der Waals surface area (Å²) in [6, 6.07) is 5.45. The van der Waals surface area contributed by atoms with E-state index in [0.717, 1.165) is 16.9 Å². The Morgan fingerprint density at radius 1 is 1.48 bits per heavy atom. The second-order valence-electron chi connectivity index (χ2n) is 6.30. The summed E-state index contributed by atoms with van der Waals surface area (Å²) in [5, 5.41) is 28.6. The minimum absolute atomic E-state index is 0.0500. The lowest BCUT2D eigenvalue weighted by Crippen LogP contribution is -2.54. The standard InChI is InChI=1S/C17H19ClN4O4S/c1-2-27-14-7-8-17(14,24)10-19-13-9-20-21(16(23)15(13)18)11-3-5-12(6-4-11)22(25)26/h3-6,9,14,19,24H,2,7-8,10H2,1H3. The number of non-ortho nitro benzene ring substituents is 1. The van der Waals surface area contributed by atoms with Crippen molar-refractivity contribution in [3.8, 4) is 5.69 Å². The number of nitro groups is 1. The molecule has 0 radical (unpaired) electrons. The van der Waals surface area contributed by atoms with Gasteiger partial charge in [-0.1, -0.05) is 18.5 Å². The maximum absolute atomic E-state index is 12.5. The van der Waals surface area contributed by atoms with Gasteiger partial charge in [0, 0.05) is 23.9 Å². The van der Waals surface area contributed by atoms with Crippen molar-refractivity contribution in [1.29, 1.82) is 0 Å². The van der Waals surface area contributed by atoms with Crippen LogP contribution in [-0.4, -0.2) is 43.0 Å². The first-order chi connectivity index (χ1) is 12.9. The second kappa shape index (κ2) is 7.87. The Kier molecular flexibility index (Phi) is 5.73. The number of thioether (sulfide) groups is 1. The Labute approximate surface area is 164 Å². The van der Waals surface area contributed by atoms with Crippen molar-refractivity contribution < 1.29 is 10.0 Å². The Hall–Kier alpha value is -2.10. The first kappa shape index (κ1) is 19.7. The van der Waals surface area contributed by atoms with Gasteiger partial charge in [-0.25, -0.2) is 0 Å². The highest BCUT2D eigenvalue weighted by Crippen LogP contribution is 2.41. The van der Waals surface area contributed by atoms with E-state index < -0.39 is 16.1 Å². The maximum atomic E-state index is 12.5. The molecular weight excluding hydrogens is 392 g/mol. The molecular formula is C17H19ClN4O4S. The van der Waals surface area contributed by atoms with Gasteiger partial charge in [-0.3, -0.25) is 14.9 Å². The fourth-order valence-electron chi connectivity index (χ4n) is 2.94. The van der Waals surface area contributed by atoms with E-state index >= 15 is 0 Å². The van der Waals surface area contributed by atoms with Gasteiger partial charge in [0.05, 0.1) is 28.1 Å². The van der Waals surface area contributed by atoms with Crippen LogP contribution in [0.1, 0.15) is 19.8 Å². The molecule has 1 aromatic heterocycles. The van der Waals surface area contributed by atoms with Crippen molar-refractivity contribution in [2.45, 2.75) is 30.6 Å². The van der Waals surface area contributed by atoms with E-state index in [9.17, 15) is 20.0 Å². The minimum atomic E-state index is -0.822. The first-order valence-corrected chi connectivity index (χ1v) is 9.89. The third kappa shape index (κ3) is 3.95. The molecule has 2 N–H and O–H groups in total. The lowest BCUT2D eigenvalue weighted by molar-refractivity contribution is -0.384. The lowest BCUT2D eigenvalue weighted by Gasteiger charge is -2.45. The largest absolute Gasteiger partial charge is 0.387 e. The van der Waals surface area contributed by atoms with Gasteiger partial charge in [0.2, 0.25) is 0 Å². The van der Waals surface area contributed by atoms with Gasteiger partial charge in [-0.05, 0) is 30.7 Å². The van der Waals surface area contributed by atoms with Crippen LogP contribution in [0.3, 0.4) is 0 Å². The number of hydrogen-bond donors (Lipinski definition) is 2. The Balaban J connectivity index is 1.77. The summed E-state index contributed by atoms with van der Waals surface area (Å²) >= 11 is 7.90. The zero-order valence-electron chi connectivity index (χ0n) is 14.6. The molecule has 10 heteroatoms. The molecule has 2 unspecified atom stereocenters. The maximum Gasteiger partial charge on any atom is 0.292 e. The predicted octanol–water partition coefficient (Wildman–Crippen LogP) is 2.85. The van der Waals surface area contributed by atoms with Crippen LogP contribution in [0, 0.1) is 10.1 Å². The van der Waals surface area contributed by atoms with Gasteiger partial charge >= 0.3 is 0 Å². The Morgan fingerprint density at radius 2 is 2.19 bits per heavy atom. The minimum Gasteiger partial charge on any atom is -0.387 e. The van der Waals surface area contributed by atoms with Crippen molar-refractivity contribution in [3.05, 3.63) is 56.0 Å². The number of nitro benzene ring substituents is 1. The van der Waals surface area contributed by atoms with Crippen molar-refractivity contribution >= 4 is 34.7 Å². The number of benzene rings is 1. The summed E-state index contributed by atoms with van der Waals surface area (Å²) in [6.45, 7) is 2.34. The molecule has 8 nitrogen and oxygen atoms in total. The fourth-order valence-corrected chi connectivity index (χ4v) is 4.34. The topological polar surface area (TPSA) is 110 Å². The lowest BCUT2D eigenvalue weighted by atomic mass is 9.79. The number of nitrogens with zero attached hydrogens (tertiary/aromatic N) is 3. The van der Waals surface area contributed by atoms with Gasteiger partial charge in [0.25, 0.3) is 11.2 Å². The molecule has 0 saturated heterocycles. The molecule has 0 spiro atoms. The molecule has 27 heavy (non-hydrogen) atoms. The van der Waals surface area contributed by atoms with Crippen LogP contribution in [0.15, 0.2) is 35.3 Å². The molecule has 1 aliphatic rings. The van der Waals surface area contributed by atoms with Crippen LogP contribution in [-0.2, 0) is 0 Å². The second-order valence-corrected chi connectivity index (χ2v) is 8.16. The summed E-state index contributed by atoms with van der Waals surface area (Å²) in [5.74, 6) is 0.931. The molecule has 2 atom stereocenters. The summed E-state index contributed by atoms with van der Waals surface area (Å²) in [6.07, 6.45) is 3.07. The zero-order chi connectivity index (χ0) is 19.6. The van der Waals surface area contributed by atoms with E-state index in [1.165, 1.54) is 30.5 Å². The molecule has 0 bridgehead atoms. The summed E-state index contributed by atoms with van der Waals surface area (Å²) in [7, 11) is 0. The van der Waals surface area contributed by atoms with E-state index in [1.54, 1.807) is 11.8 Å². The summed E-state index contributed by atoms with van der Waals surface area (Å²) in [4.78, 5) is 22.7. The van der Waals surface area contributed by atoms with Crippen molar-refractivity contribution in [2.75, 3.05) is 17.6 Å². The molecule has 1 aromatic carbocycles. The molecule has 1 heterocycles. The molecule has 144 valence electrons. The number of rotatable bonds is 7. The number of halogens is 1. The average Bonchev–Trinajstić information content (AvgIpc) is 2.66. The normalized spacial score (nSPS) is 21.5. The number of nitrogens with one attached hydrogen (secondary N) is 1. The highest BCUT2D eigenvalue weighted by Gasteiger charge is 2.45. The van der Waals surface area contributed by atoms with Crippen molar-refractivity contribution in [3.63, 3.8) is 0 Å². The van der Waals surface area contributed by atoms with Gasteiger partial charge in [0.15, 0.2) is 0 Å². The molecule has 2 aromatic rings. The van der Waals surface area contributed by atoms with E-state index in [0.29, 0.717) is 17.8 Å². The van der Waals surface area contributed by atoms with E-state index in [-0.39, 0.29) is 22.5 Å². The van der Waals surface area contributed by atoms with E-state index in [2.05, 4.69) is 17.3 Å². The Morgan fingerprint density at radius 3 is 2.74 bits per heavy atom. The predicted molar refractivity (Wildman–Crippen MR) is 106 cm³/mol. The third-order valence-corrected chi connectivity index (χ3v) is 6.39. The van der Waals surface area contributed by atoms with Crippen LogP contribution < -0.4 is 10.9 Å². The molecule has 0 aliphatic heterocycles. The van der Waals surface area contributed by atoms with Crippen LogP contribution in [0.2, 0.25) is 5.02 Å². The molecule has 1 saturated carbocycles. The molecule has 3 rings (SSSR count). The number of aliphatic hydroxyl groups is 1. The van der Waals surface area contributed by atoms with E-state index in [4.69, 9.17) is 11.6 Å². The smallest absolute Gasteiger partial charge is 0.292 e. The monoisotopic (exact) mass is 410 g/mol. The Bertz CT molecular complexity index is 905. The third-order valence-electron chi connectivity index (χ3n) is 4.62. The van der Waals surface area contributed by atoms with Crippen LogP contribution in [0.4, 0.5) is 11.4 Å². The molecule has 1 aliphatic carbocycles. The average molecular weight is 411 g/mol. The highest BCUT2D eigenvalue weighted by atomic mass is 35.5. The van der Waals surface area contributed by atoms with Crippen LogP contribution in [0.5, 0.6) is 0 Å². The number of aromatic nitrogens is 2. The first-order valence-electron chi connectivity index (χ1n) is 8.46. The van der Waals surface area contributed by atoms with Crippen molar-refractivity contribution in [1.82, 2.24) is 9.78 Å². The molecule has 1 fully saturated rings. The summed E-state index contributed by atoms with van der Waals surface area (Å²) < 4.78 is 1.07. The fraction of sp³-hybridized carbons (Fsp3) is 0.412. The number of anilines is 1. The van der Waals surface area contributed by atoms with Crippen LogP contribution >= 0.6 is 23.4 Å². The van der Waals surface area contributed by atoms with Crippen LogP contribution in [0.25, 0.3) is 5.69 Å². The van der Waals surface area contributed by atoms with Crippen molar-refractivity contribution in [2.24, 2.45) is 0 Å². The number of hydrogen-bond acceptors (Lipinski definition) is 7. The SMILES string of the molecule is CCSC1CCC1(O)CNc1cnn(-c2ccc([N+](=O)[O-])cc2)c(=O)c1Cl. The van der Waals surface area contributed by atoms with Gasteiger partial charge in [-0.15, -0.1) is 0 Å². The van der Waals surface area contributed by atoms with Gasteiger partial charge < -0.3 is 10.4 Å². The summed E-state index contributed by atoms with van der Waals surface area (Å²) in [5.41, 5.74) is -0.728. The molecule has 0 amide bonds. The van der Waals surface area contributed by atoms with E-state index in [1.807, 2.05) is 0 Å².